The minimum atomic E-state index is 0.321. The largest absolute Gasteiger partial charge is 0.294 e. The molecule has 0 radical (unpaired) electrons. The van der Waals surface area contributed by atoms with E-state index in [-0.39, 0.29) is 0 Å². The van der Waals surface area contributed by atoms with Gasteiger partial charge < -0.3 is 0 Å². The number of aryl methyl sites for hydroxylation is 1. The fourth-order valence-corrected chi connectivity index (χ4v) is 1.70. The number of benzene rings is 1. The Morgan fingerprint density at radius 1 is 1.38 bits per heavy atom. The van der Waals surface area contributed by atoms with Crippen molar-refractivity contribution in [3.63, 3.8) is 0 Å². The fraction of sp³-hybridized carbons (Fsp3) is 0.417. The molecule has 1 aromatic carbocycles. The van der Waals surface area contributed by atoms with Crippen LogP contribution < -0.4 is 0 Å². The number of carbonyl (C=O) groups is 1. The van der Waals surface area contributed by atoms with E-state index in [4.69, 9.17) is 0 Å². The number of carbonyl (C=O) groups excluding carboxylic acids is 1. The molecule has 1 aromatic rings. The van der Waals surface area contributed by atoms with Crippen LogP contribution in [-0.4, -0.2) is 5.78 Å². The van der Waals surface area contributed by atoms with Crippen LogP contribution in [0.1, 0.15) is 35.2 Å². The fourth-order valence-electron chi connectivity index (χ4n) is 1.70. The van der Waals surface area contributed by atoms with Gasteiger partial charge >= 0.3 is 0 Å². The summed E-state index contributed by atoms with van der Waals surface area (Å²) in [6.07, 6.45) is 3.40. The quantitative estimate of drug-likeness (QED) is 0.630. The first kappa shape index (κ1) is 8.49. The second-order valence-corrected chi connectivity index (χ2v) is 3.86. The Bertz CT molecular complexity index is 324. The average molecular weight is 174 g/mol. The maximum Gasteiger partial charge on any atom is 0.165 e. The van der Waals surface area contributed by atoms with Gasteiger partial charge in [-0.25, -0.2) is 0 Å². The van der Waals surface area contributed by atoms with Gasteiger partial charge in [-0.15, -0.1) is 0 Å². The van der Waals surface area contributed by atoms with E-state index in [0.717, 1.165) is 18.4 Å². The second-order valence-electron chi connectivity index (χ2n) is 3.86. The molecule has 2 rings (SSSR count). The minimum Gasteiger partial charge on any atom is -0.294 e. The highest BCUT2D eigenvalue weighted by Gasteiger charge is 2.25. The Hall–Kier alpha value is -1.11. The maximum atomic E-state index is 11.8. The summed E-state index contributed by atoms with van der Waals surface area (Å²) in [5.74, 6) is 0.664. The van der Waals surface area contributed by atoms with Crippen molar-refractivity contribution in [2.45, 2.75) is 26.2 Å². The molecule has 68 valence electrons. The molecule has 0 unspecified atom stereocenters. The van der Waals surface area contributed by atoms with E-state index >= 15 is 0 Å². The predicted octanol–water partition coefficient (Wildman–Crippen LogP) is 2.98. The van der Waals surface area contributed by atoms with Crippen LogP contribution in [0.3, 0.4) is 0 Å². The van der Waals surface area contributed by atoms with E-state index in [1.165, 1.54) is 12.0 Å². The lowest BCUT2D eigenvalue weighted by molar-refractivity contribution is 0.0855. The minimum absolute atomic E-state index is 0.321. The van der Waals surface area contributed by atoms with Crippen molar-refractivity contribution in [3.05, 3.63) is 35.4 Å². The Balaban J connectivity index is 2.19. The third-order valence-corrected chi connectivity index (χ3v) is 2.78. The van der Waals surface area contributed by atoms with Gasteiger partial charge in [0.1, 0.15) is 0 Å². The van der Waals surface area contributed by atoms with Crippen LogP contribution in [0.15, 0.2) is 24.3 Å². The van der Waals surface area contributed by atoms with E-state index < -0.39 is 0 Å². The molecule has 1 nitrogen and oxygen atoms in total. The van der Waals surface area contributed by atoms with Crippen molar-refractivity contribution in [1.82, 2.24) is 0 Å². The summed E-state index contributed by atoms with van der Waals surface area (Å²) in [6.45, 7) is 2.03. The van der Waals surface area contributed by atoms with Crippen LogP contribution in [0.2, 0.25) is 0 Å². The van der Waals surface area contributed by atoms with Crippen molar-refractivity contribution < 1.29 is 4.79 Å². The first-order valence-electron chi connectivity index (χ1n) is 4.88. The Kier molecular flexibility index (Phi) is 2.17. The van der Waals surface area contributed by atoms with Crippen molar-refractivity contribution in [1.29, 1.82) is 0 Å². The van der Waals surface area contributed by atoms with Crippen LogP contribution in [0, 0.1) is 12.8 Å². The lowest BCUT2D eigenvalue weighted by Gasteiger charge is -2.23. The highest BCUT2D eigenvalue weighted by Crippen LogP contribution is 2.29. The molecule has 0 amide bonds. The number of hydrogen-bond donors (Lipinski definition) is 0. The van der Waals surface area contributed by atoms with E-state index in [2.05, 4.69) is 0 Å². The summed E-state index contributed by atoms with van der Waals surface area (Å²) in [5, 5.41) is 0. The number of Topliss-reactive ketones (excluding diaryl/α,β-unsaturated/α-hetero) is 1. The summed E-state index contributed by atoms with van der Waals surface area (Å²) in [7, 11) is 0. The van der Waals surface area contributed by atoms with E-state index in [9.17, 15) is 4.79 Å². The lowest BCUT2D eigenvalue weighted by Crippen LogP contribution is -2.21. The van der Waals surface area contributed by atoms with Gasteiger partial charge in [-0.05, 0) is 25.8 Å². The summed E-state index contributed by atoms with van der Waals surface area (Å²) in [4.78, 5) is 11.8. The van der Waals surface area contributed by atoms with E-state index in [1.54, 1.807) is 0 Å². The molecule has 1 aliphatic rings. The van der Waals surface area contributed by atoms with E-state index in [1.807, 2.05) is 31.2 Å². The summed E-state index contributed by atoms with van der Waals surface area (Å²) in [5.41, 5.74) is 2.06. The van der Waals surface area contributed by atoms with Gasteiger partial charge in [-0.2, -0.15) is 0 Å². The van der Waals surface area contributed by atoms with Crippen LogP contribution in [-0.2, 0) is 0 Å². The normalized spacial score (nSPS) is 16.7. The van der Waals surface area contributed by atoms with Crippen molar-refractivity contribution in [2.75, 3.05) is 0 Å². The molecule has 0 heterocycles. The number of ketones is 1. The first-order chi connectivity index (χ1) is 6.27. The van der Waals surface area contributed by atoms with Crippen molar-refractivity contribution in [2.24, 2.45) is 5.92 Å². The van der Waals surface area contributed by atoms with Gasteiger partial charge in [-0.3, -0.25) is 4.79 Å². The molecule has 0 N–H and O–H groups in total. The van der Waals surface area contributed by atoms with Crippen LogP contribution >= 0.6 is 0 Å². The lowest BCUT2D eigenvalue weighted by atomic mass is 9.80. The zero-order chi connectivity index (χ0) is 9.26. The molecule has 1 heteroatoms. The van der Waals surface area contributed by atoms with Gasteiger partial charge in [0.05, 0.1) is 0 Å². The smallest absolute Gasteiger partial charge is 0.165 e. The first-order valence-corrected chi connectivity index (χ1v) is 4.88. The SMILES string of the molecule is Cc1cccc(C(=O)C2CCC2)c1. The Labute approximate surface area is 78.8 Å². The van der Waals surface area contributed by atoms with Gasteiger partial charge in [0.25, 0.3) is 0 Å². The molecule has 13 heavy (non-hydrogen) atoms. The Morgan fingerprint density at radius 2 is 2.15 bits per heavy atom. The molecule has 0 atom stereocenters. The number of hydrogen-bond acceptors (Lipinski definition) is 1. The maximum absolute atomic E-state index is 11.8. The zero-order valence-corrected chi connectivity index (χ0v) is 7.92. The summed E-state index contributed by atoms with van der Waals surface area (Å²) < 4.78 is 0. The van der Waals surface area contributed by atoms with Crippen LogP contribution in [0.4, 0.5) is 0 Å². The molecule has 0 saturated heterocycles. The zero-order valence-electron chi connectivity index (χ0n) is 7.92. The van der Waals surface area contributed by atoms with E-state index in [0.29, 0.717) is 11.7 Å². The van der Waals surface area contributed by atoms with Gasteiger partial charge in [-0.1, -0.05) is 30.2 Å². The molecular formula is C12H14O. The van der Waals surface area contributed by atoms with Crippen molar-refractivity contribution in [3.8, 4) is 0 Å². The molecule has 0 bridgehead atoms. The van der Waals surface area contributed by atoms with Crippen LogP contribution in [0.25, 0.3) is 0 Å². The molecular weight excluding hydrogens is 160 g/mol. The summed E-state index contributed by atoms with van der Waals surface area (Å²) in [6, 6.07) is 7.90. The molecule has 1 fully saturated rings. The molecule has 1 saturated carbocycles. The van der Waals surface area contributed by atoms with Gasteiger partial charge in [0, 0.05) is 11.5 Å². The highest BCUT2D eigenvalue weighted by molar-refractivity contribution is 5.98. The molecule has 0 aliphatic heterocycles. The molecule has 0 aromatic heterocycles. The molecule has 1 aliphatic carbocycles. The molecule has 0 spiro atoms. The van der Waals surface area contributed by atoms with Gasteiger partial charge in [0.2, 0.25) is 0 Å². The predicted molar refractivity (Wildman–Crippen MR) is 52.9 cm³/mol. The van der Waals surface area contributed by atoms with Crippen molar-refractivity contribution >= 4 is 5.78 Å². The standard InChI is InChI=1S/C12H14O/c1-9-4-2-7-11(8-9)12(13)10-5-3-6-10/h2,4,7-8,10H,3,5-6H2,1H3. The highest BCUT2D eigenvalue weighted by atomic mass is 16.1. The number of rotatable bonds is 2. The second kappa shape index (κ2) is 3.33. The summed E-state index contributed by atoms with van der Waals surface area (Å²) >= 11 is 0. The third kappa shape index (κ3) is 1.64. The third-order valence-electron chi connectivity index (χ3n) is 2.78. The van der Waals surface area contributed by atoms with Gasteiger partial charge in [0.15, 0.2) is 5.78 Å². The average Bonchev–Trinajstić information content (AvgIpc) is 2.01. The monoisotopic (exact) mass is 174 g/mol. The topological polar surface area (TPSA) is 17.1 Å². The van der Waals surface area contributed by atoms with Crippen LogP contribution in [0.5, 0.6) is 0 Å². The Morgan fingerprint density at radius 3 is 2.69 bits per heavy atom.